The number of nitrogens with one attached hydrogen (secondary N) is 1. The standard InChI is InChI=1S/C56H62F2N10O7/c1-5-40-43(57)12-9-36-29-39(70)30-42(46(36)40)49-48(58)50-47(53(60-49)74-4)51(67-25-23-66(24-26-67)45(71)6-2)62-55(61-50)75-34-56(15-16-56)33-64-21-19-63(20-22-64)31-35-13-17-65(18-14-35)38-10-11-41-37(28-38)32-68(54(41)73)44(8-7-27-69)52(72)59-3/h1,6,9-12,27-30,35,44,70H,2,7-8,13-26,31-34H2,3-4H3,(H,59,72). The van der Waals surface area contributed by atoms with E-state index in [2.05, 4.69) is 48.6 Å². The highest BCUT2D eigenvalue weighted by Crippen LogP contribution is 2.47. The van der Waals surface area contributed by atoms with E-state index < -0.39 is 17.7 Å². The number of anilines is 2. The van der Waals surface area contributed by atoms with Crippen LogP contribution in [0.1, 0.15) is 60.0 Å². The zero-order valence-electron chi connectivity index (χ0n) is 42.5. The molecule has 2 N–H and O–H groups in total. The van der Waals surface area contributed by atoms with Gasteiger partial charge in [-0.2, -0.15) is 9.97 Å². The van der Waals surface area contributed by atoms with Gasteiger partial charge in [-0.15, -0.1) is 6.42 Å². The molecule has 10 rings (SSSR count). The van der Waals surface area contributed by atoms with Crippen molar-refractivity contribution in [1.82, 2.24) is 39.9 Å². The Hall–Kier alpha value is -7.43. The van der Waals surface area contributed by atoms with Crippen LogP contribution in [0.5, 0.6) is 17.6 Å². The summed E-state index contributed by atoms with van der Waals surface area (Å²) < 4.78 is 44.9. The Morgan fingerprint density at radius 1 is 0.947 bits per heavy atom. The van der Waals surface area contributed by atoms with E-state index in [0.29, 0.717) is 62.0 Å². The second-order valence-corrected chi connectivity index (χ2v) is 20.5. The van der Waals surface area contributed by atoms with Crippen LogP contribution in [0.4, 0.5) is 20.3 Å². The van der Waals surface area contributed by atoms with E-state index in [1.165, 1.54) is 37.5 Å². The summed E-state index contributed by atoms with van der Waals surface area (Å²) in [4.78, 5) is 76.5. The molecule has 17 nitrogen and oxygen atoms in total. The minimum atomic E-state index is -0.864. The fourth-order valence-corrected chi connectivity index (χ4v) is 11.4. The van der Waals surface area contributed by atoms with Gasteiger partial charge in [0.2, 0.25) is 17.7 Å². The van der Waals surface area contributed by atoms with Crippen molar-refractivity contribution in [3.63, 3.8) is 0 Å². The first kappa shape index (κ1) is 51.1. The number of aldehydes is 1. The number of rotatable bonds is 17. The molecule has 1 saturated carbocycles. The van der Waals surface area contributed by atoms with Crippen LogP contribution >= 0.6 is 0 Å². The lowest BCUT2D eigenvalue weighted by Gasteiger charge is -2.40. The summed E-state index contributed by atoms with van der Waals surface area (Å²) in [6, 6.07) is 10.6. The van der Waals surface area contributed by atoms with E-state index in [4.69, 9.17) is 20.9 Å². The quantitative estimate of drug-likeness (QED) is 0.0688. The third-order valence-corrected chi connectivity index (χ3v) is 15.8. The van der Waals surface area contributed by atoms with Gasteiger partial charge in [0, 0.05) is 126 Å². The topological polar surface area (TPSA) is 177 Å². The molecule has 5 aliphatic rings. The number of aromatic nitrogens is 3. The van der Waals surface area contributed by atoms with Crippen LogP contribution < -0.4 is 24.6 Å². The van der Waals surface area contributed by atoms with Crippen LogP contribution in [0, 0.1) is 35.3 Å². The lowest BCUT2D eigenvalue weighted by molar-refractivity contribution is -0.126. The minimum absolute atomic E-state index is 0.00241. The Bertz CT molecular complexity index is 3100. The number of pyridine rings is 1. The van der Waals surface area contributed by atoms with Crippen molar-refractivity contribution in [3.05, 3.63) is 83.4 Å². The van der Waals surface area contributed by atoms with E-state index in [0.717, 1.165) is 95.6 Å². The predicted octanol–water partition coefficient (Wildman–Crippen LogP) is 5.40. The summed E-state index contributed by atoms with van der Waals surface area (Å²) in [5, 5.41) is 14.2. The van der Waals surface area contributed by atoms with Crippen molar-refractivity contribution in [2.75, 3.05) is 109 Å². The molecule has 19 heteroatoms. The number of methoxy groups -OCH3 is 1. The van der Waals surface area contributed by atoms with E-state index in [1.54, 1.807) is 16.8 Å². The molecule has 5 aromatic rings. The van der Waals surface area contributed by atoms with Gasteiger partial charge in [0.15, 0.2) is 5.82 Å². The van der Waals surface area contributed by atoms with Crippen LogP contribution in [-0.4, -0.2) is 169 Å². The first-order valence-electron chi connectivity index (χ1n) is 25.8. The predicted molar refractivity (Wildman–Crippen MR) is 280 cm³/mol. The fourth-order valence-electron chi connectivity index (χ4n) is 11.4. The molecule has 0 spiro atoms. The number of benzene rings is 3. The summed E-state index contributed by atoms with van der Waals surface area (Å²) in [6.45, 7) is 13.2. The lowest BCUT2D eigenvalue weighted by Crippen LogP contribution is -2.50. The number of carbonyl (C=O) groups is 4. The number of hydrogen-bond acceptors (Lipinski definition) is 14. The molecule has 4 aliphatic heterocycles. The summed E-state index contributed by atoms with van der Waals surface area (Å²) in [7, 11) is 2.94. The Labute approximate surface area is 434 Å². The fraction of sp³-hybridized carbons (Fsp3) is 0.446. The first-order chi connectivity index (χ1) is 36.3. The van der Waals surface area contributed by atoms with E-state index >= 15 is 8.78 Å². The molecule has 75 heavy (non-hydrogen) atoms. The second kappa shape index (κ2) is 21.4. The van der Waals surface area contributed by atoms with Crippen molar-refractivity contribution in [3.8, 4) is 41.2 Å². The van der Waals surface area contributed by atoms with Gasteiger partial charge in [0.25, 0.3) is 5.91 Å². The minimum Gasteiger partial charge on any atom is -0.508 e. The normalized spacial score (nSPS) is 18.5. The van der Waals surface area contributed by atoms with Crippen LogP contribution in [0.2, 0.25) is 0 Å². The molecule has 0 bridgehead atoms. The number of hydrogen-bond donors (Lipinski definition) is 2. The van der Waals surface area contributed by atoms with Gasteiger partial charge in [0.05, 0.1) is 19.3 Å². The van der Waals surface area contributed by atoms with Crippen molar-refractivity contribution < 1.29 is 42.5 Å². The van der Waals surface area contributed by atoms with Crippen LogP contribution in [-0.2, 0) is 20.9 Å². The van der Waals surface area contributed by atoms with Gasteiger partial charge in [-0.3, -0.25) is 14.4 Å². The molecule has 1 atom stereocenters. The number of ether oxygens (including phenoxy) is 2. The molecule has 1 unspecified atom stereocenters. The number of carbonyl (C=O) groups excluding carboxylic acids is 4. The Balaban J connectivity index is 0.793. The lowest BCUT2D eigenvalue weighted by atomic mass is 9.95. The maximum atomic E-state index is 17.4. The van der Waals surface area contributed by atoms with Crippen molar-refractivity contribution in [2.45, 2.75) is 51.1 Å². The molecule has 392 valence electrons. The molecule has 0 radical (unpaired) electrons. The number of amides is 3. The number of halogens is 2. The number of piperidine rings is 1. The molecule has 6 heterocycles. The van der Waals surface area contributed by atoms with Gasteiger partial charge in [-0.05, 0) is 91.4 Å². The summed E-state index contributed by atoms with van der Waals surface area (Å²) in [5.74, 6) is 0.888. The molecule has 3 saturated heterocycles. The molecular formula is C56H62F2N10O7. The van der Waals surface area contributed by atoms with Gasteiger partial charge in [0.1, 0.15) is 46.3 Å². The highest BCUT2D eigenvalue weighted by atomic mass is 19.1. The number of phenols is 1. The monoisotopic (exact) mass is 1020 g/mol. The maximum Gasteiger partial charge on any atom is 0.319 e. The van der Waals surface area contributed by atoms with E-state index in [9.17, 15) is 24.3 Å². The Kier molecular flexibility index (Phi) is 14.6. The Morgan fingerprint density at radius 3 is 2.37 bits per heavy atom. The number of fused-ring (bicyclic) bond motifs is 3. The third-order valence-electron chi connectivity index (χ3n) is 15.8. The Morgan fingerprint density at radius 2 is 1.69 bits per heavy atom. The molecule has 3 aromatic carbocycles. The molecule has 4 fully saturated rings. The second-order valence-electron chi connectivity index (χ2n) is 20.5. The summed E-state index contributed by atoms with van der Waals surface area (Å²) in [6.07, 6.45) is 12.4. The van der Waals surface area contributed by atoms with E-state index in [-0.39, 0.29) is 86.7 Å². The molecule has 3 amide bonds. The number of phenolic OH excluding ortho intramolecular Hbond substituents is 1. The summed E-state index contributed by atoms with van der Waals surface area (Å²) in [5.41, 5.74) is 2.02. The molecule has 1 aliphatic carbocycles. The average Bonchev–Trinajstić information content (AvgIpc) is 4.13. The zero-order valence-corrected chi connectivity index (χ0v) is 42.5. The number of terminal acetylenes is 1. The summed E-state index contributed by atoms with van der Waals surface area (Å²) >= 11 is 0. The highest BCUT2D eigenvalue weighted by molar-refractivity contribution is 6.04. The smallest absolute Gasteiger partial charge is 0.319 e. The number of aromatic hydroxyl groups is 1. The van der Waals surface area contributed by atoms with Gasteiger partial charge >= 0.3 is 6.01 Å². The number of likely N-dealkylation sites (N-methyl/N-ethyl adjacent to an activating group) is 1. The van der Waals surface area contributed by atoms with Crippen molar-refractivity contribution in [1.29, 1.82) is 0 Å². The van der Waals surface area contributed by atoms with Gasteiger partial charge in [-0.25, -0.2) is 13.8 Å². The molecular weight excluding hydrogens is 963 g/mol. The van der Waals surface area contributed by atoms with Gasteiger partial charge < -0.3 is 54.1 Å². The molecule has 2 aromatic heterocycles. The maximum absolute atomic E-state index is 17.4. The van der Waals surface area contributed by atoms with Gasteiger partial charge in [-0.1, -0.05) is 18.6 Å². The van der Waals surface area contributed by atoms with Crippen LogP contribution in [0.3, 0.4) is 0 Å². The third kappa shape index (κ3) is 10.2. The van der Waals surface area contributed by atoms with E-state index in [1.807, 2.05) is 17.0 Å². The average molecular weight is 1030 g/mol. The highest BCUT2D eigenvalue weighted by Gasteiger charge is 2.46. The number of piperazine rings is 2. The van der Waals surface area contributed by atoms with Crippen molar-refractivity contribution in [2.24, 2.45) is 11.3 Å². The number of nitrogens with zero attached hydrogens (tertiary/aromatic N) is 9. The van der Waals surface area contributed by atoms with Crippen LogP contribution in [0.15, 0.2) is 55.1 Å². The van der Waals surface area contributed by atoms with Crippen LogP contribution in [0.25, 0.3) is 32.9 Å². The zero-order chi connectivity index (χ0) is 52.5. The SMILES string of the molecule is C#Cc1c(F)ccc2cc(O)cc(-c3nc(OC)c4c(N5CCN(C(=O)C=C)CC5)nc(OCC5(CN6CCN(CC7CCN(c8ccc9c(c8)CN(C(CCC=O)C(=O)NC)C9=O)CC7)CC6)CC5)nc4c3F)c12. The largest absolute Gasteiger partial charge is 0.508 e. The first-order valence-corrected chi connectivity index (χ1v) is 25.8. The van der Waals surface area contributed by atoms with Crippen molar-refractivity contribution >= 4 is 57.2 Å².